The molecule has 7 nitrogen and oxygen atoms in total. The molecule has 0 radical (unpaired) electrons. The number of aromatic carboxylic acids is 1. The van der Waals surface area contributed by atoms with Gasteiger partial charge in [-0.3, -0.25) is 9.59 Å². The summed E-state index contributed by atoms with van der Waals surface area (Å²) in [6, 6.07) is 28.8. The number of benzene rings is 4. The first-order chi connectivity index (χ1) is 23.8. The second-order valence-corrected chi connectivity index (χ2v) is 14.1. The quantitative estimate of drug-likeness (QED) is 0.130. The molecule has 5 aromatic rings. The molecule has 1 amide bonds. The fourth-order valence-corrected chi connectivity index (χ4v) is 7.88. The molecule has 0 bridgehead atoms. The van der Waals surface area contributed by atoms with Crippen LogP contribution in [0.2, 0.25) is 0 Å². The van der Waals surface area contributed by atoms with Crippen molar-refractivity contribution >= 4 is 39.8 Å². The number of rotatable bonds is 13. The Morgan fingerprint density at radius 1 is 0.939 bits per heavy atom. The Hall–Kier alpha value is -4.69. The fraction of sp³-hybridized carbons (Fsp3) is 0.317. The number of hydrogen-bond acceptors (Lipinski definition) is 5. The number of carboxylic acid groups (broad SMARTS) is 1. The molecule has 0 unspecified atom stereocenters. The van der Waals surface area contributed by atoms with Crippen LogP contribution in [-0.4, -0.2) is 43.4 Å². The van der Waals surface area contributed by atoms with E-state index < -0.39 is 5.97 Å². The lowest BCUT2D eigenvalue weighted by atomic mass is 9.98. The average Bonchev–Trinajstić information content (AvgIpc) is 3.77. The lowest BCUT2D eigenvalue weighted by Crippen LogP contribution is -2.38. The van der Waals surface area contributed by atoms with Crippen LogP contribution in [-0.2, 0) is 24.2 Å². The minimum atomic E-state index is -0.952. The van der Waals surface area contributed by atoms with Crippen molar-refractivity contribution < 1.29 is 19.5 Å². The summed E-state index contributed by atoms with van der Waals surface area (Å²) in [7, 11) is 0. The molecule has 0 aliphatic heterocycles. The van der Waals surface area contributed by atoms with E-state index in [9.17, 15) is 19.5 Å². The monoisotopic (exact) mass is 673 g/mol. The minimum absolute atomic E-state index is 0.137. The maximum atomic E-state index is 13.9. The lowest BCUT2D eigenvalue weighted by molar-refractivity contribution is -0.114. The molecule has 1 heterocycles. The Morgan fingerprint density at radius 2 is 1.65 bits per heavy atom. The maximum Gasteiger partial charge on any atom is 0.336 e. The predicted octanol–water partition coefficient (Wildman–Crippen LogP) is 8.50. The van der Waals surface area contributed by atoms with Gasteiger partial charge in [-0.1, -0.05) is 104 Å². The summed E-state index contributed by atoms with van der Waals surface area (Å²) in [5, 5.41) is 13.2. The maximum absolute atomic E-state index is 13.9. The molecule has 1 fully saturated rings. The van der Waals surface area contributed by atoms with Crippen molar-refractivity contribution in [3.8, 4) is 11.1 Å². The number of aryl methyl sites for hydroxylation is 2. The molecule has 1 saturated carbocycles. The van der Waals surface area contributed by atoms with Crippen LogP contribution < -0.4 is 5.32 Å². The zero-order chi connectivity index (χ0) is 34.3. The Morgan fingerprint density at radius 3 is 2.37 bits per heavy atom. The summed E-state index contributed by atoms with van der Waals surface area (Å²) in [4.78, 5) is 43.7. The average molecular weight is 674 g/mol. The van der Waals surface area contributed by atoms with Crippen molar-refractivity contribution in [2.75, 3.05) is 5.75 Å². The summed E-state index contributed by atoms with van der Waals surface area (Å²) >= 11 is 1.36. The summed E-state index contributed by atoms with van der Waals surface area (Å²) in [6.07, 6.45) is 6.54. The van der Waals surface area contributed by atoms with Crippen LogP contribution in [0.4, 0.5) is 0 Å². The highest BCUT2D eigenvalue weighted by atomic mass is 32.2. The summed E-state index contributed by atoms with van der Waals surface area (Å²) < 4.78 is 2.19. The van der Waals surface area contributed by atoms with Crippen molar-refractivity contribution in [1.29, 1.82) is 0 Å². The molecule has 1 atom stereocenters. The molecule has 252 valence electrons. The third-order valence-electron chi connectivity index (χ3n) is 9.40. The van der Waals surface area contributed by atoms with Crippen LogP contribution in [0.3, 0.4) is 0 Å². The van der Waals surface area contributed by atoms with Crippen molar-refractivity contribution in [3.05, 3.63) is 125 Å². The highest BCUT2D eigenvalue weighted by Gasteiger charge is 2.25. The van der Waals surface area contributed by atoms with E-state index in [1.165, 1.54) is 11.8 Å². The number of nitrogens with one attached hydrogen (secondary N) is 1. The normalized spacial score (nSPS) is 13.8. The molecular weight excluding hydrogens is 631 g/mol. The number of hydrogen-bond donors (Lipinski definition) is 2. The third kappa shape index (κ3) is 8.14. The van der Waals surface area contributed by atoms with Crippen LogP contribution >= 0.6 is 11.8 Å². The van der Waals surface area contributed by atoms with Gasteiger partial charge in [0.2, 0.25) is 0 Å². The number of amides is 1. The van der Waals surface area contributed by atoms with Crippen molar-refractivity contribution in [2.45, 2.75) is 71.4 Å². The minimum Gasteiger partial charge on any atom is -0.478 e. The molecule has 4 aromatic carbocycles. The highest BCUT2D eigenvalue weighted by Crippen LogP contribution is 2.30. The van der Waals surface area contributed by atoms with E-state index in [-0.39, 0.29) is 28.5 Å². The van der Waals surface area contributed by atoms with Gasteiger partial charge >= 0.3 is 5.97 Å². The van der Waals surface area contributed by atoms with Crippen LogP contribution in [0.15, 0.2) is 91.0 Å². The molecule has 8 heteroatoms. The first kappa shape index (κ1) is 34.2. The molecule has 2 N–H and O–H groups in total. The molecular formula is C41H43N3O4S. The largest absolute Gasteiger partial charge is 0.478 e. The number of carboxylic acids is 1. The van der Waals surface area contributed by atoms with E-state index in [0.29, 0.717) is 29.8 Å². The van der Waals surface area contributed by atoms with Gasteiger partial charge in [0.15, 0.2) is 5.12 Å². The van der Waals surface area contributed by atoms with E-state index in [4.69, 9.17) is 4.98 Å². The van der Waals surface area contributed by atoms with Gasteiger partial charge in [0.25, 0.3) is 5.91 Å². The number of fused-ring (bicyclic) bond motifs is 1. The number of carbonyl (C=O) groups excluding carboxylic acids is 2. The molecule has 1 aliphatic rings. The van der Waals surface area contributed by atoms with Gasteiger partial charge in [0, 0.05) is 36.2 Å². The van der Waals surface area contributed by atoms with Crippen molar-refractivity contribution in [3.63, 3.8) is 0 Å². The van der Waals surface area contributed by atoms with Crippen LogP contribution in [0.1, 0.15) is 82.3 Å². The van der Waals surface area contributed by atoms with E-state index in [1.807, 2.05) is 73.7 Å². The Kier molecular flexibility index (Phi) is 10.9. The summed E-state index contributed by atoms with van der Waals surface area (Å²) in [5.74, 6) is 0.514. The van der Waals surface area contributed by atoms with Crippen LogP contribution in [0, 0.1) is 12.8 Å². The van der Waals surface area contributed by atoms with E-state index in [1.54, 1.807) is 12.1 Å². The Balaban J connectivity index is 1.26. The van der Waals surface area contributed by atoms with E-state index >= 15 is 0 Å². The van der Waals surface area contributed by atoms with Gasteiger partial charge in [0.1, 0.15) is 5.82 Å². The standard InChI is InChI=1S/C41H43N3O4S/c1-3-11-37-43-38-27(2)22-32(39(45)42-33(23-28-12-5-4-6-13-28)26-49-41(48)31-14-7-8-15-31)24-36(38)44(37)25-29-18-20-30(21-19-29)34-16-9-10-17-35(34)40(46)47/h4-6,9-10,12-13,16-22,24,31,33H,3,7-8,11,14-15,23,25-26H2,1-2H3,(H,42,45)(H,46,47)/t33-/m1/s1. The Bertz CT molecular complexity index is 1950. The second kappa shape index (κ2) is 15.7. The zero-order valence-corrected chi connectivity index (χ0v) is 29.0. The van der Waals surface area contributed by atoms with Crippen molar-refractivity contribution in [1.82, 2.24) is 14.9 Å². The topological polar surface area (TPSA) is 101 Å². The predicted molar refractivity (Wildman–Crippen MR) is 197 cm³/mol. The molecule has 1 aliphatic carbocycles. The smallest absolute Gasteiger partial charge is 0.336 e. The SMILES string of the molecule is CCCc1nc2c(C)cc(C(=O)N[C@@H](CSC(=O)C3CCCC3)Cc3ccccc3)cc2n1Cc1ccc(-c2ccccc2C(=O)O)cc1. The van der Waals surface area contributed by atoms with Crippen LogP contribution in [0.25, 0.3) is 22.2 Å². The zero-order valence-electron chi connectivity index (χ0n) is 28.2. The number of thioether (sulfide) groups is 1. The van der Waals surface area contributed by atoms with Gasteiger partial charge in [-0.2, -0.15) is 0 Å². The number of imidazole rings is 1. The summed E-state index contributed by atoms with van der Waals surface area (Å²) in [6.45, 7) is 4.69. The van der Waals surface area contributed by atoms with Gasteiger partial charge < -0.3 is 15.0 Å². The molecule has 49 heavy (non-hydrogen) atoms. The highest BCUT2D eigenvalue weighted by molar-refractivity contribution is 8.13. The molecule has 0 spiro atoms. The number of nitrogens with zero attached hydrogens (tertiary/aromatic N) is 2. The second-order valence-electron chi connectivity index (χ2n) is 13.0. The van der Waals surface area contributed by atoms with Crippen molar-refractivity contribution in [2.24, 2.45) is 5.92 Å². The summed E-state index contributed by atoms with van der Waals surface area (Å²) in [5.41, 5.74) is 7.25. The lowest BCUT2D eigenvalue weighted by Gasteiger charge is -2.20. The van der Waals surface area contributed by atoms with Gasteiger partial charge in [-0.05, 0) is 78.6 Å². The third-order valence-corrected chi connectivity index (χ3v) is 10.6. The molecule has 6 rings (SSSR count). The van der Waals surface area contributed by atoms with Crippen LogP contribution in [0.5, 0.6) is 0 Å². The van der Waals surface area contributed by atoms with Gasteiger partial charge in [0.05, 0.1) is 16.6 Å². The van der Waals surface area contributed by atoms with Gasteiger partial charge in [-0.25, -0.2) is 9.78 Å². The van der Waals surface area contributed by atoms with E-state index in [0.717, 1.165) is 77.6 Å². The first-order valence-corrected chi connectivity index (χ1v) is 18.2. The number of aromatic nitrogens is 2. The Labute approximate surface area is 292 Å². The fourth-order valence-electron chi connectivity index (χ4n) is 6.84. The number of carbonyl (C=O) groups is 3. The first-order valence-electron chi connectivity index (χ1n) is 17.2. The van der Waals surface area contributed by atoms with E-state index in [2.05, 4.69) is 28.9 Å². The molecule has 0 saturated heterocycles. The van der Waals surface area contributed by atoms with Gasteiger partial charge in [-0.15, -0.1) is 0 Å². The molecule has 1 aromatic heterocycles.